The molecule has 1 aliphatic rings. The first kappa shape index (κ1) is 20.3. The number of nitrogens with one attached hydrogen (secondary N) is 1. The number of anilines is 1. The van der Waals surface area contributed by atoms with Gasteiger partial charge in [-0.05, 0) is 24.3 Å². The van der Waals surface area contributed by atoms with Crippen molar-refractivity contribution < 1.29 is 13.4 Å². The highest BCUT2D eigenvalue weighted by Crippen LogP contribution is 2.26. The number of carbonyl (C=O) groups excluding carboxylic acids is 1. The first-order valence-electron chi connectivity index (χ1n) is 9.30. The van der Waals surface area contributed by atoms with E-state index in [4.69, 9.17) is 5.73 Å². The van der Waals surface area contributed by atoms with E-state index in [0.717, 1.165) is 0 Å². The molecule has 3 N–H and O–H groups in total. The van der Waals surface area contributed by atoms with Crippen LogP contribution in [0.3, 0.4) is 0 Å². The second-order valence-electron chi connectivity index (χ2n) is 7.22. The smallest absolute Gasteiger partial charge is 0.253 e. The Morgan fingerprint density at radius 1 is 1.30 bits per heavy atom. The molecule has 0 spiro atoms. The van der Waals surface area contributed by atoms with Crippen LogP contribution in [0.1, 0.15) is 10.4 Å². The molecule has 0 aliphatic carbocycles. The number of nitrogens with two attached hydrogens (primary N) is 1. The lowest BCUT2D eigenvalue weighted by Crippen LogP contribution is -2.60. The van der Waals surface area contributed by atoms with Gasteiger partial charge in [0.15, 0.2) is 11.2 Å². The summed E-state index contributed by atoms with van der Waals surface area (Å²) in [5.74, 6) is -0.470. The van der Waals surface area contributed by atoms with Crippen molar-refractivity contribution in [2.75, 3.05) is 32.9 Å². The normalized spacial score (nSPS) is 15.9. The number of nitrogen functional groups attached to an aromatic ring is 1. The van der Waals surface area contributed by atoms with E-state index in [1.54, 1.807) is 47.0 Å². The highest BCUT2D eigenvalue weighted by molar-refractivity contribution is 7.80. The van der Waals surface area contributed by atoms with Crippen LogP contribution < -0.4 is 11.1 Å². The number of amides is 1. The van der Waals surface area contributed by atoms with Gasteiger partial charge in [-0.3, -0.25) is 4.79 Å². The van der Waals surface area contributed by atoms with Crippen LogP contribution in [0.25, 0.3) is 22.2 Å². The first-order chi connectivity index (χ1) is 14.3. The van der Waals surface area contributed by atoms with Gasteiger partial charge < -0.3 is 11.1 Å². The predicted octanol–water partition coefficient (Wildman–Crippen LogP) is 1.57. The zero-order chi connectivity index (χ0) is 21.4. The minimum Gasteiger partial charge on any atom is -0.382 e. The van der Waals surface area contributed by atoms with Gasteiger partial charge in [0.05, 0.1) is 17.3 Å². The van der Waals surface area contributed by atoms with Crippen LogP contribution in [0.4, 0.5) is 10.2 Å². The fourth-order valence-corrected chi connectivity index (χ4v) is 4.35. The molecule has 1 amide bonds. The number of pyridine rings is 2. The molecule has 156 valence electrons. The van der Waals surface area contributed by atoms with Crippen molar-refractivity contribution >= 4 is 33.8 Å². The first-order valence-corrected chi connectivity index (χ1v) is 10.4. The Labute approximate surface area is 175 Å². The lowest BCUT2D eigenvalue weighted by molar-refractivity contribution is 0.0898. The van der Waals surface area contributed by atoms with Gasteiger partial charge in [0, 0.05) is 44.3 Å². The standard InChI is InChI=1S/C20H21FN6O2S/c1-26(2)30(29)27-10-14(11-27)24-20(28)16-9-23-19(22)18-15(16)6-7-17(25-18)12-4-3-5-13(21)8-12/h3-9,14H,10-11H2,1-2H3,(H2,22,23)(H,24,28). The van der Waals surface area contributed by atoms with Gasteiger partial charge in [-0.1, -0.05) is 12.1 Å². The molecular formula is C20H21FN6O2S. The van der Waals surface area contributed by atoms with E-state index < -0.39 is 11.2 Å². The van der Waals surface area contributed by atoms with Crippen LogP contribution in [0.5, 0.6) is 0 Å². The molecule has 0 radical (unpaired) electrons. The molecule has 1 aromatic carbocycles. The number of benzene rings is 1. The molecule has 3 aromatic rings. The van der Waals surface area contributed by atoms with Crippen LogP contribution in [-0.4, -0.2) is 61.9 Å². The third-order valence-corrected chi connectivity index (χ3v) is 6.21. The van der Waals surface area contributed by atoms with Crippen molar-refractivity contribution in [1.82, 2.24) is 23.9 Å². The van der Waals surface area contributed by atoms with E-state index in [1.807, 2.05) is 0 Å². The zero-order valence-electron chi connectivity index (χ0n) is 16.5. The average Bonchev–Trinajstić information content (AvgIpc) is 2.69. The summed E-state index contributed by atoms with van der Waals surface area (Å²) in [5, 5.41) is 3.49. The van der Waals surface area contributed by atoms with Crippen LogP contribution in [0, 0.1) is 5.82 Å². The number of rotatable bonds is 5. The van der Waals surface area contributed by atoms with Crippen molar-refractivity contribution in [3.8, 4) is 11.3 Å². The maximum atomic E-state index is 13.6. The Bertz CT molecular complexity index is 1150. The largest absolute Gasteiger partial charge is 0.382 e. The molecular weight excluding hydrogens is 407 g/mol. The van der Waals surface area contributed by atoms with Gasteiger partial charge in [0.25, 0.3) is 5.91 Å². The summed E-state index contributed by atoms with van der Waals surface area (Å²) in [7, 11) is 3.47. The van der Waals surface area contributed by atoms with Crippen LogP contribution >= 0.6 is 0 Å². The second-order valence-corrected chi connectivity index (χ2v) is 8.93. The molecule has 10 heteroatoms. The summed E-state index contributed by atoms with van der Waals surface area (Å²) in [6.45, 7) is 0.998. The van der Waals surface area contributed by atoms with Gasteiger partial charge in [-0.2, -0.15) is 0 Å². The van der Waals surface area contributed by atoms with Crippen molar-refractivity contribution in [2.24, 2.45) is 0 Å². The number of halogens is 1. The van der Waals surface area contributed by atoms with Crippen molar-refractivity contribution in [2.45, 2.75) is 6.04 Å². The minimum absolute atomic E-state index is 0.103. The SMILES string of the molecule is CN(C)S(=O)N1CC(NC(=O)c2cnc(N)c3nc(-c4cccc(F)c4)ccc23)C1. The van der Waals surface area contributed by atoms with E-state index in [-0.39, 0.29) is 23.6 Å². The fraction of sp³-hybridized carbons (Fsp3) is 0.250. The molecule has 2 aromatic heterocycles. The Morgan fingerprint density at radius 2 is 2.07 bits per heavy atom. The summed E-state index contributed by atoms with van der Waals surface area (Å²) in [6, 6.07) is 9.45. The number of hydrogen-bond donors (Lipinski definition) is 2. The van der Waals surface area contributed by atoms with Crippen molar-refractivity contribution in [1.29, 1.82) is 0 Å². The zero-order valence-corrected chi connectivity index (χ0v) is 17.3. The van der Waals surface area contributed by atoms with Crippen molar-refractivity contribution in [3.05, 3.63) is 54.0 Å². The summed E-state index contributed by atoms with van der Waals surface area (Å²) < 4.78 is 28.9. The molecule has 1 fully saturated rings. The maximum absolute atomic E-state index is 13.6. The monoisotopic (exact) mass is 428 g/mol. The molecule has 0 bridgehead atoms. The summed E-state index contributed by atoms with van der Waals surface area (Å²) in [5.41, 5.74) is 7.87. The van der Waals surface area contributed by atoms with Crippen LogP contribution in [0.2, 0.25) is 0 Å². The van der Waals surface area contributed by atoms with E-state index in [9.17, 15) is 13.4 Å². The second kappa shape index (κ2) is 8.05. The van der Waals surface area contributed by atoms with Gasteiger partial charge in [-0.15, -0.1) is 0 Å². The Hall–Kier alpha value is -2.95. The van der Waals surface area contributed by atoms with Gasteiger partial charge >= 0.3 is 0 Å². The Morgan fingerprint density at radius 3 is 2.77 bits per heavy atom. The van der Waals surface area contributed by atoms with Gasteiger partial charge in [-0.25, -0.2) is 27.2 Å². The third-order valence-electron chi connectivity index (χ3n) is 4.84. The molecule has 0 saturated carbocycles. The summed E-state index contributed by atoms with van der Waals surface area (Å²) in [4.78, 5) is 21.4. The number of fused-ring (bicyclic) bond motifs is 1. The van der Waals surface area contributed by atoms with E-state index >= 15 is 0 Å². The molecule has 30 heavy (non-hydrogen) atoms. The predicted molar refractivity (Wildman–Crippen MR) is 114 cm³/mol. The Kier molecular flexibility index (Phi) is 5.46. The lowest BCUT2D eigenvalue weighted by atomic mass is 10.1. The quantitative estimate of drug-likeness (QED) is 0.642. The lowest BCUT2D eigenvalue weighted by Gasteiger charge is -2.39. The number of aromatic nitrogens is 2. The molecule has 1 saturated heterocycles. The Balaban J connectivity index is 1.57. The number of hydrogen-bond acceptors (Lipinski definition) is 5. The molecule has 3 heterocycles. The summed E-state index contributed by atoms with van der Waals surface area (Å²) in [6.07, 6.45) is 1.42. The van der Waals surface area contributed by atoms with E-state index in [1.165, 1.54) is 18.3 Å². The van der Waals surface area contributed by atoms with Crippen molar-refractivity contribution in [3.63, 3.8) is 0 Å². The minimum atomic E-state index is -1.21. The molecule has 1 unspecified atom stereocenters. The molecule has 1 atom stereocenters. The van der Waals surface area contributed by atoms with Crippen LogP contribution in [0.15, 0.2) is 42.6 Å². The fourth-order valence-electron chi connectivity index (χ4n) is 3.28. The highest BCUT2D eigenvalue weighted by Gasteiger charge is 2.33. The highest BCUT2D eigenvalue weighted by atomic mass is 32.2. The average molecular weight is 428 g/mol. The van der Waals surface area contributed by atoms with Crippen LogP contribution in [-0.2, 0) is 11.2 Å². The molecule has 1 aliphatic heterocycles. The van der Waals surface area contributed by atoms with Gasteiger partial charge in [0.2, 0.25) is 0 Å². The maximum Gasteiger partial charge on any atom is 0.253 e. The topological polar surface area (TPSA) is 104 Å². The van der Waals surface area contributed by atoms with E-state index in [2.05, 4.69) is 15.3 Å². The van der Waals surface area contributed by atoms with Gasteiger partial charge in [0.1, 0.15) is 17.2 Å². The third kappa shape index (κ3) is 3.89. The number of carbonyl (C=O) groups is 1. The summed E-state index contributed by atoms with van der Waals surface area (Å²) >= 11 is -1.21. The number of nitrogens with zero attached hydrogens (tertiary/aromatic N) is 4. The molecule has 4 rings (SSSR count). The van der Waals surface area contributed by atoms with E-state index in [0.29, 0.717) is 40.8 Å². The molecule has 8 nitrogen and oxygen atoms in total.